The fourth-order valence-corrected chi connectivity index (χ4v) is 4.47. The number of ether oxygens (including phenoxy) is 1. The normalized spacial score (nSPS) is 18.0. The average Bonchev–Trinajstić information content (AvgIpc) is 2.87. The van der Waals surface area contributed by atoms with Crippen LogP contribution in [-0.4, -0.2) is 33.2 Å². The highest BCUT2D eigenvalue weighted by atomic mass is 32.2. The number of nitrogens with zero attached hydrogens (tertiary/aromatic N) is 1. The molecular weight excluding hydrogens is 400 g/mol. The van der Waals surface area contributed by atoms with E-state index in [1.54, 1.807) is 24.3 Å². The molecule has 7 heteroatoms. The summed E-state index contributed by atoms with van der Waals surface area (Å²) in [5.74, 6) is 0.135. The third-order valence-electron chi connectivity index (χ3n) is 5.33. The number of amides is 1. The van der Waals surface area contributed by atoms with E-state index >= 15 is 0 Å². The standard InChI is InChI=1S/C23H30N2O4S/c1-16(17-10-12-18(13-11-17)23(2,3)4)24-22(26)21-14-15-25(30(5,27)28)19-8-6-7-9-20(19)29-21/h6-13,16,21H,14-15H2,1-5H3,(H,24,26)/t16-,21-/m0/s1. The van der Waals surface area contributed by atoms with E-state index in [2.05, 4.69) is 38.2 Å². The molecule has 0 spiro atoms. The van der Waals surface area contributed by atoms with Crippen LogP contribution in [0.15, 0.2) is 48.5 Å². The Balaban J connectivity index is 1.74. The Kier molecular flexibility index (Phi) is 6.13. The van der Waals surface area contributed by atoms with Crippen LogP contribution in [0, 0.1) is 0 Å². The van der Waals surface area contributed by atoms with Crippen LogP contribution in [0.25, 0.3) is 0 Å². The number of nitrogens with one attached hydrogen (secondary N) is 1. The van der Waals surface area contributed by atoms with Crippen LogP contribution >= 0.6 is 0 Å². The van der Waals surface area contributed by atoms with Gasteiger partial charge in [0, 0.05) is 13.0 Å². The molecule has 0 radical (unpaired) electrons. The minimum atomic E-state index is -3.47. The Morgan fingerprint density at radius 3 is 2.37 bits per heavy atom. The Morgan fingerprint density at radius 1 is 1.13 bits per heavy atom. The predicted octanol–water partition coefficient (Wildman–Crippen LogP) is 3.78. The van der Waals surface area contributed by atoms with Gasteiger partial charge in [-0.3, -0.25) is 9.10 Å². The summed E-state index contributed by atoms with van der Waals surface area (Å²) in [7, 11) is -3.47. The van der Waals surface area contributed by atoms with E-state index in [0.717, 1.165) is 11.8 Å². The van der Waals surface area contributed by atoms with Crippen LogP contribution in [-0.2, 0) is 20.2 Å². The molecule has 1 N–H and O–H groups in total. The van der Waals surface area contributed by atoms with Crippen LogP contribution in [0.4, 0.5) is 5.69 Å². The molecule has 2 atom stereocenters. The first-order chi connectivity index (χ1) is 14.0. The number of carbonyl (C=O) groups excluding carboxylic acids is 1. The van der Waals surface area contributed by atoms with Crippen molar-refractivity contribution in [2.75, 3.05) is 17.1 Å². The van der Waals surface area contributed by atoms with Gasteiger partial charge in [0.15, 0.2) is 6.10 Å². The van der Waals surface area contributed by atoms with E-state index in [1.165, 1.54) is 9.87 Å². The summed E-state index contributed by atoms with van der Waals surface area (Å²) in [5, 5.41) is 3.00. The van der Waals surface area contributed by atoms with Crippen molar-refractivity contribution < 1.29 is 17.9 Å². The van der Waals surface area contributed by atoms with Crippen molar-refractivity contribution >= 4 is 21.6 Å². The van der Waals surface area contributed by atoms with E-state index < -0.39 is 16.1 Å². The van der Waals surface area contributed by atoms with Crippen LogP contribution in [0.5, 0.6) is 5.75 Å². The molecule has 0 aromatic heterocycles. The lowest BCUT2D eigenvalue weighted by Gasteiger charge is -2.22. The Morgan fingerprint density at radius 2 is 1.77 bits per heavy atom. The van der Waals surface area contributed by atoms with Gasteiger partial charge in [-0.2, -0.15) is 0 Å². The lowest BCUT2D eigenvalue weighted by atomic mass is 9.86. The van der Waals surface area contributed by atoms with Gasteiger partial charge in [0.05, 0.1) is 18.0 Å². The van der Waals surface area contributed by atoms with Crippen molar-refractivity contribution in [3.8, 4) is 5.75 Å². The highest BCUT2D eigenvalue weighted by Gasteiger charge is 2.31. The molecule has 0 aliphatic carbocycles. The van der Waals surface area contributed by atoms with Gasteiger partial charge >= 0.3 is 0 Å². The number of rotatable bonds is 4. The molecule has 1 heterocycles. The summed E-state index contributed by atoms with van der Waals surface area (Å²) in [6.07, 6.45) is 0.658. The maximum Gasteiger partial charge on any atom is 0.261 e. The first-order valence-electron chi connectivity index (χ1n) is 10.1. The van der Waals surface area contributed by atoms with Crippen molar-refractivity contribution in [2.24, 2.45) is 0 Å². The number of hydrogen-bond acceptors (Lipinski definition) is 4. The zero-order chi connectivity index (χ0) is 22.1. The molecule has 30 heavy (non-hydrogen) atoms. The highest BCUT2D eigenvalue weighted by Crippen LogP contribution is 2.34. The Labute approximate surface area is 179 Å². The van der Waals surface area contributed by atoms with Gasteiger partial charge < -0.3 is 10.1 Å². The fourth-order valence-electron chi connectivity index (χ4n) is 3.52. The van der Waals surface area contributed by atoms with Gasteiger partial charge in [-0.25, -0.2) is 8.42 Å². The fraction of sp³-hybridized carbons (Fsp3) is 0.435. The summed E-state index contributed by atoms with van der Waals surface area (Å²) in [5.41, 5.74) is 2.76. The summed E-state index contributed by atoms with van der Waals surface area (Å²) in [4.78, 5) is 12.9. The van der Waals surface area contributed by atoms with Gasteiger partial charge in [0.2, 0.25) is 10.0 Å². The minimum absolute atomic E-state index is 0.0675. The second kappa shape index (κ2) is 8.30. The molecule has 3 rings (SSSR count). The summed E-state index contributed by atoms with van der Waals surface area (Å²) >= 11 is 0. The molecule has 2 aromatic rings. The zero-order valence-corrected chi connectivity index (χ0v) is 19.0. The third-order valence-corrected chi connectivity index (χ3v) is 6.51. The molecule has 1 amide bonds. The monoisotopic (exact) mass is 430 g/mol. The summed E-state index contributed by atoms with van der Waals surface area (Å²) < 4.78 is 31.6. The van der Waals surface area contributed by atoms with Gasteiger partial charge in [0.1, 0.15) is 5.75 Å². The largest absolute Gasteiger partial charge is 0.478 e. The topological polar surface area (TPSA) is 75.7 Å². The SMILES string of the molecule is C[C@H](NC(=O)[C@@H]1CCN(S(C)(=O)=O)c2ccccc2O1)c1ccc(C(C)(C)C)cc1. The third kappa shape index (κ3) is 4.95. The number of anilines is 1. The maximum atomic E-state index is 12.9. The van der Waals surface area contributed by atoms with Gasteiger partial charge in [-0.15, -0.1) is 0 Å². The van der Waals surface area contributed by atoms with Gasteiger partial charge in [-0.05, 0) is 35.6 Å². The molecule has 2 aromatic carbocycles. The highest BCUT2D eigenvalue weighted by molar-refractivity contribution is 7.92. The number of para-hydroxylation sites is 2. The lowest BCUT2D eigenvalue weighted by Crippen LogP contribution is -2.40. The van der Waals surface area contributed by atoms with E-state index in [1.807, 2.05) is 19.1 Å². The molecule has 6 nitrogen and oxygen atoms in total. The van der Waals surface area contributed by atoms with E-state index in [9.17, 15) is 13.2 Å². The van der Waals surface area contributed by atoms with Crippen LogP contribution in [0.2, 0.25) is 0 Å². The molecule has 1 aliphatic heterocycles. The second-order valence-electron chi connectivity index (χ2n) is 8.80. The smallest absolute Gasteiger partial charge is 0.261 e. The number of benzene rings is 2. The average molecular weight is 431 g/mol. The van der Waals surface area contributed by atoms with Crippen LogP contribution in [0.3, 0.4) is 0 Å². The first-order valence-corrected chi connectivity index (χ1v) is 12.0. The number of hydrogen-bond donors (Lipinski definition) is 1. The van der Waals surface area contributed by atoms with Gasteiger partial charge in [0.25, 0.3) is 5.91 Å². The van der Waals surface area contributed by atoms with Crippen LogP contribution < -0.4 is 14.4 Å². The van der Waals surface area contributed by atoms with Crippen LogP contribution in [0.1, 0.15) is 51.3 Å². The molecular formula is C23H30N2O4S. The molecule has 0 bridgehead atoms. The van der Waals surface area contributed by atoms with Crippen molar-refractivity contribution in [1.82, 2.24) is 5.32 Å². The molecule has 0 unspecified atom stereocenters. The van der Waals surface area contributed by atoms with Crippen molar-refractivity contribution in [3.63, 3.8) is 0 Å². The molecule has 0 saturated heterocycles. The Hall–Kier alpha value is -2.54. The number of fused-ring (bicyclic) bond motifs is 1. The molecule has 162 valence electrons. The minimum Gasteiger partial charge on any atom is -0.478 e. The predicted molar refractivity (Wildman–Crippen MR) is 119 cm³/mol. The van der Waals surface area contributed by atoms with E-state index in [4.69, 9.17) is 4.74 Å². The number of carbonyl (C=O) groups is 1. The lowest BCUT2D eigenvalue weighted by molar-refractivity contribution is -0.128. The van der Waals surface area contributed by atoms with Gasteiger partial charge in [-0.1, -0.05) is 57.2 Å². The van der Waals surface area contributed by atoms with Crippen molar-refractivity contribution in [1.29, 1.82) is 0 Å². The van der Waals surface area contributed by atoms with E-state index in [0.29, 0.717) is 11.4 Å². The van der Waals surface area contributed by atoms with Crippen molar-refractivity contribution in [2.45, 2.75) is 51.7 Å². The molecule has 1 aliphatic rings. The summed E-state index contributed by atoms with van der Waals surface area (Å²) in [6.45, 7) is 8.59. The molecule has 0 saturated carbocycles. The number of sulfonamides is 1. The van der Waals surface area contributed by atoms with E-state index in [-0.39, 0.29) is 30.3 Å². The van der Waals surface area contributed by atoms with Crippen molar-refractivity contribution in [3.05, 3.63) is 59.7 Å². The zero-order valence-electron chi connectivity index (χ0n) is 18.2. The molecule has 0 fully saturated rings. The maximum absolute atomic E-state index is 12.9. The first kappa shape index (κ1) is 22.2. The second-order valence-corrected chi connectivity index (χ2v) is 10.7. The quantitative estimate of drug-likeness (QED) is 0.801. The summed E-state index contributed by atoms with van der Waals surface area (Å²) in [6, 6.07) is 14.9. The Bertz CT molecular complexity index is 1010.